The highest BCUT2D eigenvalue weighted by molar-refractivity contribution is 7.18. The van der Waals surface area contributed by atoms with Crippen molar-refractivity contribution >= 4 is 44.1 Å². The first-order chi connectivity index (χ1) is 16.4. The predicted octanol–water partition coefficient (Wildman–Crippen LogP) is 5.52. The lowest BCUT2D eigenvalue weighted by atomic mass is 9.89. The molecule has 3 aromatic heterocycles. The van der Waals surface area contributed by atoms with Gasteiger partial charge in [-0.05, 0) is 50.2 Å². The first kappa shape index (κ1) is 22.5. The summed E-state index contributed by atoms with van der Waals surface area (Å²) in [6.07, 6.45) is 5.14. The van der Waals surface area contributed by atoms with Gasteiger partial charge in [0.25, 0.3) is 11.5 Å². The maximum atomic E-state index is 13.3. The fourth-order valence-electron chi connectivity index (χ4n) is 4.74. The summed E-state index contributed by atoms with van der Waals surface area (Å²) in [4.78, 5) is 32.7. The predicted molar refractivity (Wildman–Crippen MR) is 133 cm³/mol. The number of aryl methyl sites for hydroxylation is 2. The second-order valence-corrected chi connectivity index (χ2v) is 10.1. The Kier molecular flexibility index (Phi) is 5.81. The number of thiophene rings is 1. The van der Waals surface area contributed by atoms with Gasteiger partial charge in [-0.2, -0.15) is 0 Å². The minimum absolute atomic E-state index is 0.0216. The molecule has 1 aliphatic rings. The second-order valence-electron chi connectivity index (χ2n) is 9.04. The van der Waals surface area contributed by atoms with Gasteiger partial charge in [-0.25, -0.2) is 4.98 Å². The Morgan fingerprint density at radius 3 is 2.94 bits per heavy atom. The van der Waals surface area contributed by atoms with Gasteiger partial charge in [0.15, 0.2) is 5.69 Å². The van der Waals surface area contributed by atoms with Gasteiger partial charge in [0.05, 0.1) is 17.2 Å². The van der Waals surface area contributed by atoms with Crippen LogP contribution in [0.1, 0.15) is 50.1 Å². The number of hydrogen-bond acceptors (Lipinski definition) is 6. The molecule has 0 bridgehead atoms. The molecule has 1 amide bonds. The molecule has 0 saturated heterocycles. The van der Waals surface area contributed by atoms with Gasteiger partial charge in [0.2, 0.25) is 5.88 Å². The highest BCUT2D eigenvalue weighted by atomic mass is 32.1. The van der Waals surface area contributed by atoms with Gasteiger partial charge in [-0.3, -0.25) is 14.2 Å². The summed E-state index contributed by atoms with van der Waals surface area (Å²) < 4.78 is 3.11. The van der Waals surface area contributed by atoms with Crippen LogP contribution in [0.3, 0.4) is 0 Å². The molecule has 0 saturated carbocycles. The van der Waals surface area contributed by atoms with Crippen LogP contribution in [0.4, 0.5) is 5.69 Å². The number of carbonyl (C=O) groups is 1. The van der Waals surface area contributed by atoms with E-state index in [1.807, 2.05) is 31.2 Å². The fourth-order valence-corrected chi connectivity index (χ4v) is 6.08. The lowest BCUT2D eigenvalue weighted by Crippen LogP contribution is -2.28. The van der Waals surface area contributed by atoms with Gasteiger partial charge in [0.1, 0.15) is 10.9 Å². The van der Waals surface area contributed by atoms with E-state index in [1.165, 1.54) is 15.8 Å². The van der Waals surface area contributed by atoms with E-state index in [1.54, 1.807) is 22.8 Å². The summed E-state index contributed by atoms with van der Waals surface area (Å²) >= 11 is 1.58. The normalized spacial score (nSPS) is 17.0. The first-order valence-electron chi connectivity index (χ1n) is 11.7. The number of aromatic nitrogens is 3. The van der Waals surface area contributed by atoms with Crippen molar-refractivity contribution in [2.75, 3.05) is 0 Å². The third kappa shape index (κ3) is 3.64. The Bertz CT molecular complexity index is 1500. The summed E-state index contributed by atoms with van der Waals surface area (Å²) in [6, 6.07) is 6.62. The van der Waals surface area contributed by atoms with Gasteiger partial charge in [-0.15, -0.1) is 21.6 Å². The molecule has 0 fully saturated rings. The van der Waals surface area contributed by atoms with E-state index < -0.39 is 11.9 Å². The lowest BCUT2D eigenvalue weighted by molar-refractivity contribution is -0.121. The van der Waals surface area contributed by atoms with Crippen molar-refractivity contribution in [1.82, 2.24) is 14.1 Å². The molecular weight excluding hydrogens is 450 g/mol. The monoisotopic (exact) mass is 477 g/mol. The molecule has 9 heteroatoms. The number of fused-ring (bicyclic) bond motifs is 4. The Balaban J connectivity index is 1.48. The molecule has 3 heterocycles. The van der Waals surface area contributed by atoms with E-state index in [0.29, 0.717) is 17.8 Å². The van der Waals surface area contributed by atoms with E-state index in [-0.39, 0.29) is 17.1 Å². The smallest absolute Gasteiger partial charge is 0.287 e. The van der Waals surface area contributed by atoms with E-state index >= 15 is 0 Å². The molecule has 0 spiro atoms. The van der Waals surface area contributed by atoms with E-state index in [4.69, 9.17) is 0 Å². The molecule has 1 N–H and O–H groups in total. The van der Waals surface area contributed by atoms with Crippen molar-refractivity contribution in [2.45, 2.75) is 59.0 Å². The molecule has 34 heavy (non-hydrogen) atoms. The Morgan fingerprint density at radius 1 is 1.35 bits per heavy atom. The van der Waals surface area contributed by atoms with Gasteiger partial charge < -0.3 is 9.67 Å². The van der Waals surface area contributed by atoms with Crippen LogP contribution in [-0.2, 0) is 24.2 Å². The van der Waals surface area contributed by atoms with E-state index in [9.17, 15) is 14.7 Å². The SMILES string of the molecule is CCCn1c(O)c(N=NC(=O)[C@H](C)n2cnc3sc4c(c3c2=O)CC[C@@H](C)C4)c2ccccc21. The van der Waals surface area contributed by atoms with Crippen molar-refractivity contribution in [3.8, 4) is 5.88 Å². The van der Waals surface area contributed by atoms with Crippen molar-refractivity contribution in [1.29, 1.82) is 0 Å². The molecule has 1 aromatic carbocycles. The number of carbonyl (C=O) groups excluding carboxylic acids is 1. The quantitative estimate of drug-likeness (QED) is 0.382. The summed E-state index contributed by atoms with van der Waals surface area (Å²) in [5.74, 6) is 0.00252. The highest BCUT2D eigenvalue weighted by Gasteiger charge is 2.25. The number of rotatable bonds is 5. The molecule has 1 aliphatic carbocycles. The third-order valence-electron chi connectivity index (χ3n) is 6.63. The zero-order valence-corrected chi connectivity index (χ0v) is 20.3. The number of nitrogens with zero attached hydrogens (tertiary/aromatic N) is 5. The number of benzene rings is 1. The topological polar surface area (TPSA) is 102 Å². The van der Waals surface area contributed by atoms with Crippen LogP contribution in [0.2, 0.25) is 0 Å². The minimum Gasteiger partial charge on any atom is -0.493 e. The average Bonchev–Trinajstić information content (AvgIpc) is 3.32. The van der Waals surface area contributed by atoms with Gasteiger partial charge >= 0.3 is 0 Å². The number of azo groups is 1. The Labute approximate surface area is 200 Å². The molecular formula is C25H27N5O3S. The standard InChI is InChI=1S/C25H27N5O3S/c1-4-11-29-18-8-6-5-7-16(18)21(25(29)33)27-28-22(31)15(3)30-13-26-23-20(24(30)32)17-10-9-14(2)12-19(17)34-23/h5-8,13-15,33H,4,9-12H2,1-3H3/t14-,15+/m1/s1. The highest BCUT2D eigenvalue weighted by Crippen LogP contribution is 2.39. The summed E-state index contributed by atoms with van der Waals surface area (Å²) in [5, 5.41) is 20.1. The first-order valence-corrected chi connectivity index (χ1v) is 12.5. The zero-order chi connectivity index (χ0) is 24.0. The van der Waals surface area contributed by atoms with Crippen LogP contribution < -0.4 is 5.56 Å². The van der Waals surface area contributed by atoms with E-state index in [2.05, 4.69) is 22.1 Å². The Hall–Kier alpha value is -3.33. The summed E-state index contributed by atoms with van der Waals surface area (Å²) in [6.45, 7) is 6.49. The van der Waals surface area contributed by atoms with Gasteiger partial charge in [0, 0.05) is 16.8 Å². The molecule has 0 radical (unpaired) electrons. The lowest BCUT2D eigenvalue weighted by Gasteiger charge is -2.17. The molecule has 8 nitrogen and oxygen atoms in total. The largest absolute Gasteiger partial charge is 0.493 e. The molecule has 5 rings (SSSR count). The average molecular weight is 478 g/mol. The maximum Gasteiger partial charge on any atom is 0.287 e. The molecule has 2 atom stereocenters. The van der Waals surface area contributed by atoms with Crippen LogP contribution in [0.15, 0.2) is 45.6 Å². The van der Waals surface area contributed by atoms with Crippen LogP contribution in [0, 0.1) is 5.92 Å². The molecule has 0 aliphatic heterocycles. The summed E-state index contributed by atoms with van der Waals surface area (Å²) in [5.41, 5.74) is 1.96. The third-order valence-corrected chi connectivity index (χ3v) is 7.79. The summed E-state index contributed by atoms with van der Waals surface area (Å²) in [7, 11) is 0. The van der Waals surface area contributed by atoms with Crippen molar-refractivity contribution in [3.05, 3.63) is 51.4 Å². The molecule has 176 valence electrons. The minimum atomic E-state index is -0.864. The van der Waals surface area contributed by atoms with Crippen molar-refractivity contribution < 1.29 is 9.90 Å². The van der Waals surface area contributed by atoms with Crippen molar-refractivity contribution in [2.24, 2.45) is 16.1 Å². The number of hydrogen-bond donors (Lipinski definition) is 1. The zero-order valence-electron chi connectivity index (χ0n) is 19.5. The van der Waals surface area contributed by atoms with Crippen LogP contribution in [0.5, 0.6) is 5.88 Å². The van der Waals surface area contributed by atoms with Gasteiger partial charge in [-0.1, -0.05) is 32.0 Å². The number of aromatic hydroxyl groups is 1. The maximum absolute atomic E-state index is 13.3. The fraction of sp³-hybridized carbons (Fsp3) is 0.400. The number of para-hydroxylation sites is 1. The molecule has 4 aromatic rings. The Morgan fingerprint density at radius 2 is 2.15 bits per heavy atom. The van der Waals surface area contributed by atoms with Crippen LogP contribution >= 0.6 is 11.3 Å². The molecule has 0 unspecified atom stereocenters. The van der Waals surface area contributed by atoms with E-state index in [0.717, 1.165) is 47.0 Å². The number of amides is 1. The van der Waals surface area contributed by atoms with Crippen LogP contribution in [-0.4, -0.2) is 25.1 Å². The van der Waals surface area contributed by atoms with Crippen LogP contribution in [0.25, 0.3) is 21.1 Å². The second kappa shape index (κ2) is 8.79. The van der Waals surface area contributed by atoms with Crippen molar-refractivity contribution in [3.63, 3.8) is 0 Å².